The van der Waals surface area contributed by atoms with Crippen molar-refractivity contribution in [2.75, 3.05) is 19.6 Å². The van der Waals surface area contributed by atoms with Crippen molar-refractivity contribution in [1.82, 2.24) is 4.90 Å². The molecule has 1 aromatic heterocycles. The summed E-state index contributed by atoms with van der Waals surface area (Å²) in [5, 5.41) is 0. The second-order valence-corrected chi connectivity index (χ2v) is 6.08. The van der Waals surface area contributed by atoms with Gasteiger partial charge in [-0.05, 0) is 48.4 Å². The summed E-state index contributed by atoms with van der Waals surface area (Å²) in [5.74, 6) is 0. The minimum atomic E-state index is 0.375. The van der Waals surface area contributed by atoms with Crippen LogP contribution in [-0.2, 0) is 0 Å². The third-order valence-electron chi connectivity index (χ3n) is 2.79. The van der Waals surface area contributed by atoms with Crippen molar-refractivity contribution in [3.8, 4) is 0 Å². The predicted octanol–water partition coefficient (Wildman–Crippen LogP) is 3.55. The number of thiophene rings is 1. The van der Waals surface area contributed by atoms with E-state index in [1.807, 2.05) is 11.3 Å². The summed E-state index contributed by atoms with van der Waals surface area (Å²) in [4.78, 5) is 5.17. The lowest BCUT2D eigenvalue weighted by atomic mass is 10.2. The van der Waals surface area contributed by atoms with Gasteiger partial charge in [-0.2, -0.15) is 0 Å². The van der Waals surface area contributed by atoms with Crippen LogP contribution >= 0.6 is 27.3 Å². The molecular formula is C12H21BrN2S. The molecule has 0 aliphatic rings. The highest BCUT2D eigenvalue weighted by Crippen LogP contribution is 2.32. The van der Waals surface area contributed by atoms with Crippen LogP contribution in [0, 0.1) is 6.92 Å². The number of hydrogen-bond donors (Lipinski definition) is 1. The SMILES string of the molecule is CCCN(CC)C(CN)c1cc(Br)c(C)s1. The molecule has 0 amide bonds. The molecule has 4 heteroatoms. The standard InChI is InChI=1S/C12H21BrN2S/c1-4-6-15(5-2)11(8-14)12-7-10(13)9(3)16-12/h7,11H,4-6,8,14H2,1-3H3. The highest BCUT2D eigenvalue weighted by atomic mass is 79.9. The molecule has 0 bridgehead atoms. The van der Waals surface area contributed by atoms with Gasteiger partial charge in [-0.15, -0.1) is 11.3 Å². The average molecular weight is 305 g/mol. The van der Waals surface area contributed by atoms with Crippen LogP contribution in [0.4, 0.5) is 0 Å². The molecule has 1 heterocycles. The van der Waals surface area contributed by atoms with E-state index in [0.717, 1.165) is 13.1 Å². The number of rotatable bonds is 6. The maximum Gasteiger partial charge on any atom is 0.0564 e. The van der Waals surface area contributed by atoms with Crippen LogP contribution in [0.2, 0.25) is 0 Å². The van der Waals surface area contributed by atoms with E-state index in [1.165, 1.54) is 20.6 Å². The highest BCUT2D eigenvalue weighted by molar-refractivity contribution is 9.10. The van der Waals surface area contributed by atoms with Crippen molar-refractivity contribution in [3.63, 3.8) is 0 Å². The van der Waals surface area contributed by atoms with E-state index < -0.39 is 0 Å². The lowest BCUT2D eigenvalue weighted by Crippen LogP contribution is -2.33. The van der Waals surface area contributed by atoms with E-state index in [4.69, 9.17) is 5.73 Å². The van der Waals surface area contributed by atoms with E-state index in [1.54, 1.807) is 0 Å². The smallest absolute Gasteiger partial charge is 0.0564 e. The maximum absolute atomic E-state index is 5.92. The van der Waals surface area contributed by atoms with Crippen LogP contribution < -0.4 is 5.73 Å². The fourth-order valence-electron chi connectivity index (χ4n) is 1.91. The number of likely N-dealkylation sites (N-methyl/N-ethyl adjacent to an activating group) is 1. The molecule has 0 saturated carbocycles. The third-order valence-corrected chi connectivity index (χ3v) is 5.02. The first kappa shape index (κ1) is 14.2. The van der Waals surface area contributed by atoms with Gasteiger partial charge in [0.25, 0.3) is 0 Å². The van der Waals surface area contributed by atoms with Gasteiger partial charge in [0.2, 0.25) is 0 Å². The van der Waals surface area contributed by atoms with E-state index in [0.29, 0.717) is 12.6 Å². The first-order valence-electron chi connectivity index (χ1n) is 5.83. The fourth-order valence-corrected chi connectivity index (χ4v) is 3.62. The zero-order chi connectivity index (χ0) is 12.1. The Morgan fingerprint density at radius 1 is 1.50 bits per heavy atom. The minimum absolute atomic E-state index is 0.375. The molecule has 0 aliphatic carbocycles. The lowest BCUT2D eigenvalue weighted by molar-refractivity contribution is 0.215. The Hall–Kier alpha value is 0.1000. The van der Waals surface area contributed by atoms with Gasteiger partial charge in [0.05, 0.1) is 6.04 Å². The summed E-state index contributed by atoms with van der Waals surface area (Å²) in [6.45, 7) is 9.43. The highest BCUT2D eigenvalue weighted by Gasteiger charge is 2.19. The molecule has 0 aliphatic heterocycles. The quantitative estimate of drug-likeness (QED) is 0.871. The molecule has 0 spiro atoms. The van der Waals surface area contributed by atoms with Gasteiger partial charge in [0.15, 0.2) is 0 Å². The van der Waals surface area contributed by atoms with Gasteiger partial charge >= 0.3 is 0 Å². The number of nitrogens with two attached hydrogens (primary N) is 1. The molecule has 16 heavy (non-hydrogen) atoms. The Bertz CT molecular complexity index is 305. The molecule has 0 radical (unpaired) electrons. The summed E-state index contributed by atoms with van der Waals surface area (Å²) < 4.78 is 1.21. The topological polar surface area (TPSA) is 29.3 Å². The average Bonchev–Trinajstić information content (AvgIpc) is 2.59. The van der Waals surface area contributed by atoms with Crippen LogP contribution in [0.15, 0.2) is 10.5 Å². The Labute approximate surface area is 111 Å². The predicted molar refractivity (Wildman–Crippen MR) is 76.1 cm³/mol. The lowest BCUT2D eigenvalue weighted by Gasteiger charge is -2.28. The van der Waals surface area contributed by atoms with Crippen LogP contribution in [0.1, 0.15) is 36.1 Å². The van der Waals surface area contributed by atoms with Crippen molar-refractivity contribution in [1.29, 1.82) is 0 Å². The Morgan fingerprint density at radius 2 is 2.19 bits per heavy atom. The number of nitrogens with zero attached hydrogens (tertiary/aromatic N) is 1. The number of halogens is 1. The zero-order valence-corrected chi connectivity index (χ0v) is 12.7. The van der Waals surface area contributed by atoms with Gasteiger partial charge in [-0.25, -0.2) is 0 Å². The monoisotopic (exact) mass is 304 g/mol. The molecule has 1 unspecified atom stereocenters. The van der Waals surface area contributed by atoms with E-state index in [2.05, 4.69) is 47.7 Å². The van der Waals surface area contributed by atoms with Gasteiger partial charge in [-0.3, -0.25) is 4.90 Å². The van der Waals surface area contributed by atoms with E-state index in [9.17, 15) is 0 Å². The molecule has 2 nitrogen and oxygen atoms in total. The molecule has 1 rings (SSSR count). The number of aryl methyl sites for hydroxylation is 1. The Balaban J connectivity index is 2.87. The number of hydrogen-bond acceptors (Lipinski definition) is 3. The van der Waals surface area contributed by atoms with Crippen LogP contribution in [0.5, 0.6) is 0 Å². The van der Waals surface area contributed by atoms with Crippen molar-refractivity contribution in [2.24, 2.45) is 5.73 Å². The second kappa shape index (κ2) is 6.74. The van der Waals surface area contributed by atoms with Crippen LogP contribution in [0.3, 0.4) is 0 Å². The van der Waals surface area contributed by atoms with Crippen molar-refractivity contribution in [2.45, 2.75) is 33.2 Å². The Morgan fingerprint density at radius 3 is 2.56 bits per heavy atom. The summed E-state index contributed by atoms with van der Waals surface area (Å²) in [7, 11) is 0. The third kappa shape index (κ3) is 3.29. The Kier molecular flexibility index (Phi) is 5.97. The van der Waals surface area contributed by atoms with E-state index in [-0.39, 0.29) is 0 Å². The first-order chi connectivity index (χ1) is 7.63. The van der Waals surface area contributed by atoms with Crippen molar-refractivity contribution in [3.05, 3.63) is 20.3 Å². The summed E-state index contributed by atoms with van der Waals surface area (Å²) >= 11 is 5.42. The molecular weight excluding hydrogens is 284 g/mol. The molecule has 2 N–H and O–H groups in total. The van der Waals surface area contributed by atoms with Gasteiger partial charge in [0, 0.05) is 20.8 Å². The maximum atomic E-state index is 5.92. The molecule has 0 fully saturated rings. The zero-order valence-electron chi connectivity index (χ0n) is 10.3. The molecule has 0 aromatic carbocycles. The molecule has 1 aromatic rings. The summed E-state index contributed by atoms with van der Waals surface area (Å²) in [6, 6.07) is 2.59. The van der Waals surface area contributed by atoms with Gasteiger partial charge in [0.1, 0.15) is 0 Å². The first-order valence-corrected chi connectivity index (χ1v) is 7.44. The second-order valence-electron chi connectivity index (χ2n) is 3.93. The summed E-state index contributed by atoms with van der Waals surface area (Å²) in [5.41, 5.74) is 5.92. The van der Waals surface area contributed by atoms with Crippen LogP contribution in [0.25, 0.3) is 0 Å². The van der Waals surface area contributed by atoms with Gasteiger partial charge in [-0.1, -0.05) is 13.8 Å². The van der Waals surface area contributed by atoms with E-state index >= 15 is 0 Å². The van der Waals surface area contributed by atoms with Gasteiger partial charge < -0.3 is 5.73 Å². The fraction of sp³-hybridized carbons (Fsp3) is 0.667. The van der Waals surface area contributed by atoms with Crippen LogP contribution in [-0.4, -0.2) is 24.5 Å². The summed E-state index contributed by atoms with van der Waals surface area (Å²) in [6.07, 6.45) is 1.18. The molecule has 92 valence electrons. The van der Waals surface area contributed by atoms with Crippen molar-refractivity contribution >= 4 is 27.3 Å². The largest absolute Gasteiger partial charge is 0.329 e. The molecule has 0 saturated heterocycles. The normalized spacial score (nSPS) is 13.4. The van der Waals surface area contributed by atoms with Crippen molar-refractivity contribution < 1.29 is 0 Å². The minimum Gasteiger partial charge on any atom is -0.329 e. The molecule has 1 atom stereocenters.